The van der Waals surface area contributed by atoms with Gasteiger partial charge in [0.25, 0.3) is 0 Å². The largest absolute Gasteiger partial charge is 0.374 e. The minimum Gasteiger partial charge on any atom is -0.374 e. The normalized spacial score (nSPS) is 23.0. The van der Waals surface area contributed by atoms with Crippen molar-refractivity contribution in [1.29, 1.82) is 0 Å². The highest BCUT2D eigenvalue weighted by atomic mass is 16.5. The molecule has 21 heavy (non-hydrogen) atoms. The summed E-state index contributed by atoms with van der Waals surface area (Å²) in [6.45, 7) is 12.8. The summed E-state index contributed by atoms with van der Waals surface area (Å²) in [4.78, 5) is 26.7. The molecular weight excluding hydrogens is 268 g/mol. The van der Waals surface area contributed by atoms with E-state index in [1.165, 1.54) is 0 Å². The van der Waals surface area contributed by atoms with Crippen molar-refractivity contribution in [3.63, 3.8) is 0 Å². The fraction of sp³-hybridized carbons (Fsp3) is 0.875. The summed E-state index contributed by atoms with van der Waals surface area (Å²) in [7, 11) is 0. The second-order valence-electron chi connectivity index (χ2n) is 6.85. The summed E-state index contributed by atoms with van der Waals surface area (Å²) in [6.07, 6.45) is 1.57. The van der Waals surface area contributed by atoms with Gasteiger partial charge in [0.15, 0.2) is 0 Å². The second kappa shape index (κ2) is 6.77. The Labute approximate surface area is 128 Å². The molecule has 1 fully saturated rings. The quantitative estimate of drug-likeness (QED) is 0.845. The van der Waals surface area contributed by atoms with E-state index < -0.39 is 5.54 Å². The predicted octanol–water partition coefficient (Wildman–Crippen LogP) is 2.10. The van der Waals surface area contributed by atoms with Crippen molar-refractivity contribution in [2.24, 2.45) is 0 Å². The lowest BCUT2D eigenvalue weighted by atomic mass is 9.91. The number of hydrogen-bond donors (Lipinski definition) is 1. The number of carbonyl (C=O) groups is 2. The van der Waals surface area contributed by atoms with Crippen LogP contribution in [0.5, 0.6) is 0 Å². The Morgan fingerprint density at radius 2 is 1.86 bits per heavy atom. The van der Waals surface area contributed by atoms with E-state index in [2.05, 4.69) is 5.32 Å². The van der Waals surface area contributed by atoms with Gasteiger partial charge in [0, 0.05) is 19.0 Å². The molecule has 0 bridgehead atoms. The van der Waals surface area contributed by atoms with Gasteiger partial charge >= 0.3 is 0 Å². The monoisotopic (exact) mass is 298 g/mol. The van der Waals surface area contributed by atoms with Crippen LogP contribution in [-0.4, -0.2) is 47.0 Å². The molecule has 1 heterocycles. The van der Waals surface area contributed by atoms with Gasteiger partial charge in [-0.15, -0.1) is 0 Å². The lowest BCUT2D eigenvalue weighted by Gasteiger charge is -2.36. The van der Waals surface area contributed by atoms with Crippen molar-refractivity contribution in [1.82, 2.24) is 10.2 Å². The van der Waals surface area contributed by atoms with E-state index in [4.69, 9.17) is 4.74 Å². The lowest BCUT2D eigenvalue weighted by molar-refractivity contribution is -0.142. The number of ether oxygens (including phenoxy) is 1. The van der Waals surface area contributed by atoms with Crippen LogP contribution in [0.1, 0.15) is 60.8 Å². The zero-order chi connectivity index (χ0) is 16.3. The molecular formula is C16H30N2O3. The van der Waals surface area contributed by atoms with E-state index in [1.54, 1.807) is 4.90 Å². The minimum absolute atomic E-state index is 0.0170. The first-order chi connectivity index (χ1) is 9.65. The van der Waals surface area contributed by atoms with Gasteiger partial charge in [-0.2, -0.15) is 0 Å². The topological polar surface area (TPSA) is 58.6 Å². The first-order valence-electron chi connectivity index (χ1n) is 7.91. The van der Waals surface area contributed by atoms with Gasteiger partial charge in [0.05, 0.1) is 12.2 Å². The molecule has 2 amide bonds. The van der Waals surface area contributed by atoms with Crippen molar-refractivity contribution in [2.75, 3.05) is 13.2 Å². The van der Waals surface area contributed by atoms with Crippen LogP contribution in [0.15, 0.2) is 0 Å². The first-order valence-corrected chi connectivity index (χ1v) is 7.91. The molecule has 0 radical (unpaired) electrons. The molecule has 1 saturated heterocycles. The Morgan fingerprint density at radius 1 is 1.29 bits per heavy atom. The zero-order valence-corrected chi connectivity index (χ0v) is 14.3. The molecule has 5 nitrogen and oxygen atoms in total. The SMILES string of the molecule is CCC1(CC)NC(=O)CC(C)N(CCOC(C)(C)C)C1=O. The molecule has 0 aromatic carbocycles. The number of nitrogens with one attached hydrogen (secondary N) is 1. The predicted molar refractivity (Wildman–Crippen MR) is 83.0 cm³/mol. The van der Waals surface area contributed by atoms with Crippen LogP contribution in [0.3, 0.4) is 0 Å². The molecule has 122 valence electrons. The van der Waals surface area contributed by atoms with Crippen molar-refractivity contribution in [3.8, 4) is 0 Å². The summed E-state index contributed by atoms with van der Waals surface area (Å²) in [5.41, 5.74) is -0.984. The smallest absolute Gasteiger partial charge is 0.248 e. The fourth-order valence-electron chi connectivity index (χ4n) is 2.73. The van der Waals surface area contributed by atoms with E-state index >= 15 is 0 Å². The molecule has 1 N–H and O–H groups in total. The van der Waals surface area contributed by atoms with Crippen LogP contribution in [0, 0.1) is 0 Å². The van der Waals surface area contributed by atoms with Crippen molar-refractivity contribution in [2.45, 2.75) is 78.0 Å². The Bertz CT molecular complexity index is 383. The maximum absolute atomic E-state index is 12.9. The van der Waals surface area contributed by atoms with E-state index in [-0.39, 0.29) is 23.5 Å². The van der Waals surface area contributed by atoms with Gasteiger partial charge in [-0.1, -0.05) is 13.8 Å². The molecule has 1 unspecified atom stereocenters. The molecule has 1 aliphatic heterocycles. The molecule has 1 atom stereocenters. The highest BCUT2D eigenvalue weighted by molar-refractivity contribution is 5.93. The van der Waals surface area contributed by atoms with Crippen LogP contribution >= 0.6 is 0 Å². The standard InChI is InChI=1S/C16H30N2O3/c1-7-16(8-2)14(20)18(9-10-21-15(4,5)6)12(3)11-13(19)17-16/h12H,7-11H2,1-6H3,(H,17,19). The number of nitrogens with zero attached hydrogens (tertiary/aromatic N) is 1. The van der Waals surface area contributed by atoms with E-state index in [0.29, 0.717) is 32.4 Å². The second-order valence-corrected chi connectivity index (χ2v) is 6.85. The fourth-order valence-corrected chi connectivity index (χ4v) is 2.73. The molecule has 0 aromatic rings. The number of carbonyl (C=O) groups excluding carboxylic acids is 2. The molecule has 1 aliphatic rings. The van der Waals surface area contributed by atoms with Gasteiger partial charge in [-0.05, 0) is 40.5 Å². The van der Waals surface area contributed by atoms with Gasteiger partial charge in [-0.25, -0.2) is 0 Å². The Morgan fingerprint density at radius 3 is 2.33 bits per heavy atom. The van der Waals surface area contributed by atoms with E-state index in [0.717, 1.165) is 0 Å². The first kappa shape index (κ1) is 18.0. The van der Waals surface area contributed by atoms with Gasteiger partial charge in [0.2, 0.25) is 11.8 Å². The summed E-state index contributed by atoms with van der Waals surface area (Å²) in [6, 6.07) is -0.0963. The third-order valence-electron chi connectivity index (χ3n) is 4.14. The average molecular weight is 298 g/mol. The molecule has 0 spiro atoms. The van der Waals surface area contributed by atoms with Gasteiger partial charge in [0.1, 0.15) is 5.54 Å². The summed E-state index contributed by atoms with van der Waals surface area (Å²) >= 11 is 0. The van der Waals surface area contributed by atoms with Gasteiger partial charge < -0.3 is 15.0 Å². The average Bonchev–Trinajstić information content (AvgIpc) is 2.46. The Balaban J connectivity index is 2.88. The molecule has 1 rings (SSSR count). The van der Waals surface area contributed by atoms with Crippen LogP contribution in [-0.2, 0) is 14.3 Å². The Hall–Kier alpha value is -1.10. The maximum Gasteiger partial charge on any atom is 0.248 e. The van der Waals surface area contributed by atoms with Crippen LogP contribution in [0.2, 0.25) is 0 Å². The van der Waals surface area contributed by atoms with Crippen molar-refractivity contribution in [3.05, 3.63) is 0 Å². The summed E-state index contributed by atoms with van der Waals surface area (Å²) < 4.78 is 5.73. The highest BCUT2D eigenvalue weighted by Gasteiger charge is 2.43. The molecule has 0 aliphatic carbocycles. The zero-order valence-electron chi connectivity index (χ0n) is 14.3. The van der Waals surface area contributed by atoms with Gasteiger partial charge in [-0.3, -0.25) is 9.59 Å². The molecule has 0 saturated carbocycles. The number of amides is 2. The summed E-state index contributed by atoms with van der Waals surface area (Å²) in [5, 5.41) is 2.94. The van der Waals surface area contributed by atoms with Crippen LogP contribution in [0.25, 0.3) is 0 Å². The van der Waals surface area contributed by atoms with Crippen molar-refractivity contribution >= 4 is 11.8 Å². The summed E-state index contributed by atoms with van der Waals surface area (Å²) in [5.74, 6) is -0.0258. The van der Waals surface area contributed by atoms with Crippen LogP contribution < -0.4 is 5.32 Å². The Kier molecular flexibility index (Phi) is 5.79. The highest BCUT2D eigenvalue weighted by Crippen LogP contribution is 2.24. The third kappa shape index (κ3) is 4.43. The van der Waals surface area contributed by atoms with Crippen LogP contribution in [0.4, 0.5) is 0 Å². The number of hydrogen-bond acceptors (Lipinski definition) is 3. The maximum atomic E-state index is 12.9. The van der Waals surface area contributed by atoms with E-state index in [9.17, 15) is 9.59 Å². The third-order valence-corrected chi connectivity index (χ3v) is 4.14. The number of rotatable bonds is 5. The van der Waals surface area contributed by atoms with E-state index in [1.807, 2.05) is 41.5 Å². The minimum atomic E-state index is -0.760. The molecule has 5 heteroatoms. The molecule has 0 aromatic heterocycles. The van der Waals surface area contributed by atoms with Crippen molar-refractivity contribution < 1.29 is 14.3 Å². The lowest BCUT2D eigenvalue weighted by Crippen LogP contribution is -2.57.